The molecule has 0 fully saturated rings. The lowest BCUT2D eigenvalue weighted by Crippen LogP contribution is -2.46. The second-order valence-corrected chi connectivity index (χ2v) is 11.0. The zero-order valence-corrected chi connectivity index (χ0v) is 25.0. The van der Waals surface area contributed by atoms with Gasteiger partial charge < -0.3 is 25.1 Å². The minimum atomic E-state index is -0.910. The quantitative estimate of drug-likeness (QED) is 0.108. The molecule has 0 aromatic heterocycles. The number of hydrogen-bond acceptors (Lipinski definition) is 5. The molecule has 0 saturated heterocycles. The van der Waals surface area contributed by atoms with E-state index in [1.54, 1.807) is 0 Å². The summed E-state index contributed by atoms with van der Waals surface area (Å²) in [6.45, 7) is 4.47. The minimum Gasteiger partial charge on any atom is -0.389 e. The van der Waals surface area contributed by atoms with E-state index in [1.807, 2.05) is 0 Å². The normalized spacial score (nSPS) is 11.3. The third kappa shape index (κ3) is 21.7. The third-order valence-corrected chi connectivity index (χ3v) is 7.40. The van der Waals surface area contributed by atoms with Crippen LogP contribution in [0.25, 0.3) is 0 Å². The zero-order valence-electron chi connectivity index (χ0n) is 25.0. The van der Waals surface area contributed by atoms with E-state index in [9.17, 15) is 24.9 Å². The molecule has 38 heavy (non-hydrogen) atoms. The highest BCUT2D eigenvalue weighted by atomic mass is 16.3. The monoisotopic (exact) mass is 542 g/mol. The number of unbranched alkanes of at least 4 members (excludes halogenated alkanes) is 18. The Morgan fingerprint density at radius 1 is 0.500 bits per heavy atom. The smallest absolute Gasteiger partial charge is 0.248 e. The highest BCUT2D eigenvalue weighted by Crippen LogP contribution is 2.13. The van der Waals surface area contributed by atoms with Gasteiger partial charge >= 0.3 is 0 Å². The van der Waals surface area contributed by atoms with Crippen LogP contribution in [0.1, 0.15) is 142 Å². The van der Waals surface area contributed by atoms with Gasteiger partial charge in [-0.05, 0) is 12.8 Å². The lowest BCUT2D eigenvalue weighted by Gasteiger charge is -2.29. The zero-order chi connectivity index (χ0) is 28.3. The van der Waals surface area contributed by atoms with Crippen LogP contribution in [0.4, 0.5) is 0 Å². The maximum absolute atomic E-state index is 12.2. The van der Waals surface area contributed by atoms with Gasteiger partial charge in [-0.1, -0.05) is 129 Å². The summed E-state index contributed by atoms with van der Waals surface area (Å²) < 4.78 is 0. The summed E-state index contributed by atoms with van der Waals surface area (Å²) >= 11 is 0. The van der Waals surface area contributed by atoms with Gasteiger partial charge in [0.1, 0.15) is 13.2 Å². The molecule has 0 rings (SSSR count). The van der Waals surface area contributed by atoms with Crippen molar-refractivity contribution in [3.8, 4) is 0 Å². The Labute approximate surface area is 234 Å². The molecular formula is C31H62N2O5. The number of nitrogens with zero attached hydrogens (tertiary/aromatic N) is 2. The van der Waals surface area contributed by atoms with Gasteiger partial charge in [0.25, 0.3) is 0 Å². The average Bonchev–Trinajstić information content (AvgIpc) is 2.92. The van der Waals surface area contributed by atoms with Crippen LogP contribution >= 0.6 is 0 Å². The number of aliphatic hydroxyl groups excluding tert-OH is 3. The summed E-state index contributed by atoms with van der Waals surface area (Å²) in [4.78, 5) is 27.5. The average molecular weight is 543 g/mol. The maximum atomic E-state index is 12.2. The number of aliphatic hydroxyl groups is 3. The van der Waals surface area contributed by atoms with Gasteiger partial charge in [0.15, 0.2) is 0 Å². The first-order valence-electron chi connectivity index (χ1n) is 15.9. The Bertz CT molecular complexity index is 500. The first kappa shape index (κ1) is 36.8. The maximum Gasteiger partial charge on any atom is 0.248 e. The molecule has 0 spiro atoms. The molecule has 226 valence electrons. The van der Waals surface area contributed by atoms with Crippen molar-refractivity contribution in [2.75, 3.05) is 39.4 Å². The lowest BCUT2D eigenvalue weighted by molar-refractivity contribution is -0.138. The summed E-state index contributed by atoms with van der Waals surface area (Å²) in [6.07, 6.45) is 23.1. The second kappa shape index (κ2) is 27.4. The molecule has 0 heterocycles. The molecule has 0 saturated carbocycles. The van der Waals surface area contributed by atoms with Crippen molar-refractivity contribution < 1.29 is 24.9 Å². The van der Waals surface area contributed by atoms with Crippen LogP contribution in [-0.2, 0) is 9.59 Å². The van der Waals surface area contributed by atoms with Gasteiger partial charge in [-0.25, -0.2) is 0 Å². The molecule has 0 aliphatic rings. The number of rotatable bonds is 28. The molecule has 2 amide bonds. The van der Waals surface area contributed by atoms with Gasteiger partial charge in [0.05, 0.1) is 6.10 Å². The summed E-state index contributed by atoms with van der Waals surface area (Å²) in [5.74, 6) is -0.788. The van der Waals surface area contributed by atoms with E-state index in [0.717, 1.165) is 38.5 Å². The third-order valence-electron chi connectivity index (χ3n) is 7.40. The fourth-order valence-corrected chi connectivity index (χ4v) is 4.98. The molecule has 0 atom stereocenters. The largest absolute Gasteiger partial charge is 0.389 e. The van der Waals surface area contributed by atoms with Gasteiger partial charge in [-0.15, -0.1) is 0 Å². The molecule has 0 aromatic rings. The van der Waals surface area contributed by atoms with Crippen molar-refractivity contribution in [1.82, 2.24) is 9.80 Å². The van der Waals surface area contributed by atoms with Crippen molar-refractivity contribution in [2.45, 2.75) is 148 Å². The van der Waals surface area contributed by atoms with Crippen molar-refractivity contribution in [1.29, 1.82) is 0 Å². The highest BCUT2D eigenvalue weighted by Gasteiger charge is 2.21. The summed E-state index contributed by atoms with van der Waals surface area (Å²) in [7, 11) is 0. The van der Waals surface area contributed by atoms with Crippen molar-refractivity contribution in [3.63, 3.8) is 0 Å². The summed E-state index contributed by atoms with van der Waals surface area (Å²) in [5, 5.41) is 29.4. The van der Waals surface area contributed by atoms with E-state index < -0.39 is 31.1 Å². The van der Waals surface area contributed by atoms with Crippen LogP contribution in [0.15, 0.2) is 0 Å². The summed E-state index contributed by atoms with van der Waals surface area (Å²) in [6, 6.07) is 0. The van der Waals surface area contributed by atoms with Gasteiger partial charge in [-0.2, -0.15) is 0 Å². The molecule has 0 radical (unpaired) electrons. The van der Waals surface area contributed by atoms with E-state index in [-0.39, 0.29) is 13.1 Å². The van der Waals surface area contributed by atoms with Crippen molar-refractivity contribution in [3.05, 3.63) is 0 Å². The molecule has 0 aliphatic heterocycles. The minimum absolute atomic E-state index is 0.0874. The number of carbonyl (C=O) groups is 2. The standard InChI is InChI=1S/C31H62N2O5/c1-3-5-7-9-11-13-15-17-19-21-23-32(30(37)27-34)25-29(36)26-33(31(38)28-35)24-22-20-18-16-14-12-10-8-6-4-2/h29,34-36H,3-28H2,1-2H3. The van der Waals surface area contributed by atoms with Crippen molar-refractivity contribution >= 4 is 11.8 Å². The van der Waals surface area contributed by atoms with E-state index >= 15 is 0 Å². The number of amides is 2. The molecule has 7 nitrogen and oxygen atoms in total. The van der Waals surface area contributed by atoms with Gasteiger partial charge in [0, 0.05) is 26.2 Å². The molecular weight excluding hydrogens is 480 g/mol. The molecule has 7 heteroatoms. The Morgan fingerprint density at radius 2 is 0.763 bits per heavy atom. The van der Waals surface area contributed by atoms with Crippen LogP contribution in [0.2, 0.25) is 0 Å². The van der Waals surface area contributed by atoms with E-state index in [2.05, 4.69) is 13.8 Å². The molecule has 0 bridgehead atoms. The SMILES string of the molecule is CCCCCCCCCCCCN(CC(O)CN(CCCCCCCCCCCC)C(=O)CO)C(=O)CO. The predicted octanol–water partition coefficient (Wildman–Crippen LogP) is 5.83. The molecule has 3 N–H and O–H groups in total. The fourth-order valence-electron chi connectivity index (χ4n) is 4.98. The van der Waals surface area contributed by atoms with Crippen LogP contribution in [-0.4, -0.2) is 82.4 Å². The summed E-state index contributed by atoms with van der Waals surface area (Å²) in [5.41, 5.74) is 0. The van der Waals surface area contributed by atoms with Crippen molar-refractivity contribution in [2.24, 2.45) is 0 Å². The van der Waals surface area contributed by atoms with Gasteiger partial charge in [0.2, 0.25) is 11.8 Å². The Hall–Kier alpha value is -1.18. The Morgan fingerprint density at radius 3 is 1.03 bits per heavy atom. The lowest BCUT2D eigenvalue weighted by atomic mass is 10.1. The molecule has 0 aromatic carbocycles. The number of carbonyl (C=O) groups excluding carboxylic acids is 2. The second-order valence-electron chi connectivity index (χ2n) is 11.0. The molecule has 0 aliphatic carbocycles. The molecule has 0 unspecified atom stereocenters. The first-order valence-corrected chi connectivity index (χ1v) is 15.9. The van der Waals surface area contributed by atoms with E-state index in [4.69, 9.17) is 0 Å². The fraction of sp³-hybridized carbons (Fsp3) is 0.935. The van der Waals surface area contributed by atoms with Gasteiger partial charge in [-0.3, -0.25) is 9.59 Å². The van der Waals surface area contributed by atoms with Crippen LogP contribution in [0.3, 0.4) is 0 Å². The van der Waals surface area contributed by atoms with Crippen LogP contribution < -0.4 is 0 Å². The number of hydrogen-bond donors (Lipinski definition) is 3. The van der Waals surface area contributed by atoms with E-state index in [0.29, 0.717) is 13.1 Å². The topological polar surface area (TPSA) is 101 Å². The van der Waals surface area contributed by atoms with Crippen LogP contribution in [0, 0.1) is 0 Å². The Balaban J connectivity index is 4.27. The van der Waals surface area contributed by atoms with Crippen LogP contribution in [0.5, 0.6) is 0 Å². The predicted molar refractivity (Wildman–Crippen MR) is 157 cm³/mol. The van der Waals surface area contributed by atoms with E-state index in [1.165, 1.54) is 99.7 Å². The highest BCUT2D eigenvalue weighted by molar-refractivity contribution is 5.77. The first-order chi connectivity index (χ1) is 18.5. The Kier molecular flexibility index (Phi) is 26.5.